The van der Waals surface area contributed by atoms with Crippen LogP contribution in [0.5, 0.6) is 5.75 Å². The van der Waals surface area contributed by atoms with E-state index >= 15 is 4.39 Å². The monoisotopic (exact) mass is 675 g/mol. The average Bonchev–Trinajstić information content (AvgIpc) is 3.01. The molecule has 1 aliphatic rings. The molecule has 4 rings (SSSR count). The number of rotatable bonds is 10. The van der Waals surface area contributed by atoms with Gasteiger partial charge in [-0.1, -0.05) is 12.1 Å². The van der Waals surface area contributed by atoms with Gasteiger partial charge in [0.1, 0.15) is 17.2 Å². The van der Waals surface area contributed by atoms with Crippen molar-refractivity contribution in [3.05, 3.63) is 94.7 Å². The highest BCUT2D eigenvalue weighted by atomic mass is 19.4. The van der Waals surface area contributed by atoms with Crippen molar-refractivity contribution in [1.29, 1.82) is 5.41 Å². The summed E-state index contributed by atoms with van der Waals surface area (Å²) in [6.07, 6.45) is -5.03. The van der Waals surface area contributed by atoms with E-state index in [1.807, 2.05) is 0 Å². The Morgan fingerprint density at radius 1 is 0.938 bits per heavy atom. The fourth-order valence-corrected chi connectivity index (χ4v) is 4.81. The molecular weight excluding hydrogens is 645 g/mol. The molecule has 48 heavy (non-hydrogen) atoms. The van der Waals surface area contributed by atoms with Crippen LogP contribution in [0.1, 0.15) is 11.1 Å². The van der Waals surface area contributed by atoms with Gasteiger partial charge < -0.3 is 20.3 Å². The zero-order chi connectivity index (χ0) is 35.3. The number of urea groups is 2. The van der Waals surface area contributed by atoms with Crippen molar-refractivity contribution in [3.8, 4) is 5.75 Å². The van der Waals surface area contributed by atoms with Crippen molar-refractivity contribution in [1.82, 2.24) is 15.3 Å². The van der Waals surface area contributed by atoms with Gasteiger partial charge >= 0.3 is 18.2 Å². The van der Waals surface area contributed by atoms with Gasteiger partial charge in [-0.05, 0) is 62.6 Å². The van der Waals surface area contributed by atoms with E-state index in [1.165, 1.54) is 43.5 Å². The van der Waals surface area contributed by atoms with Crippen LogP contribution in [0.15, 0.2) is 71.9 Å². The van der Waals surface area contributed by atoms with Gasteiger partial charge in [-0.15, -0.1) is 0 Å². The number of likely N-dealkylation sites (N-methyl/N-ethyl adjacent to an activating group) is 1. The van der Waals surface area contributed by atoms with Crippen LogP contribution in [-0.4, -0.2) is 68.5 Å². The van der Waals surface area contributed by atoms with Gasteiger partial charge in [0.2, 0.25) is 0 Å². The minimum Gasteiger partial charge on any atom is -0.494 e. The number of ether oxygens (including phenoxy) is 1. The molecule has 17 heteroatoms. The number of carbonyl (C=O) groups excluding carboxylic acids is 3. The molecule has 0 spiro atoms. The number of imide groups is 1. The Morgan fingerprint density at radius 2 is 1.56 bits per heavy atom. The largest absolute Gasteiger partial charge is 0.494 e. The fraction of sp³-hybridized carbons (Fsp3) is 0.226. The number of amides is 5. The maximum absolute atomic E-state index is 15.6. The quantitative estimate of drug-likeness (QED) is 0.126. The number of hydrogen-bond donors (Lipinski definition) is 4. The van der Waals surface area contributed by atoms with Crippen molar-refractivity contribution in [2.45, 2.75) is 12.7 Å². The number of hydrogen-bond acceptors (Lipinski definition) is 8. The van der Waals surface area contributed by atoms with Gasteiger partial charge in [-0.25, -0.2) is 28.7 Å². The Kier molecular flexibility index (Phi) is 10.6. The van der Waals surface area contributed by atoms with Gasteiger partial charge in [0.05, 0.1) is 32.0 Å². The first-order valence-electron chi connectivity index (χ1n) is 13.9. The SMILES string of the molecule is CONC(=O)Nc1ccc(N/C(CN(C)C)=C2\C(=N)N(Cc3c(F)cccc3C(F)(F)F)C(=O)N(c3cccc(OC)c3F)C2=O)cc1. The summed E-state index contributed by atoms with van der Waals surface area (Å²) in [5.74, 6) is -4.85. The average molecular weight is 676 g/mol. The van der Waals surface area contributed by atoms with E-state index < -0.39 is 70.5 Å². The Hall–Kier alpha value is -5.55. The third kappa shape index (κ3) is 7.53. The first-order chi connectivity index (χ1) is 22.7. The third-order valence-corrected chi connectivity index (χ3v) is 6.90. The number of halogens is 5. The standard InChI is InChI=1S/C31H30F5N7O5/c1-41(2)16-22(38-17-11-13-18(14-12-17)39-29(45)40-48-4)25-27(37)42(15-19-20(31(34,35)36)7-5-8-21(19)32)30(46)43(28(25)44)23-9-6-10-24(47-3)26(23)33/h5-14,37-38H,15-16H2,1-4H3,(H2,39,40,45)/b25-22+,37-27?. The van der Waals surface area contributed by atoms with Crippen molar-refractivity contribution in [3.63, 3.8) is 0 Å². The van der Waals surface area contributed by atoms with E-state index in [2.05, 4.69) is 21.0 Å². The number of carbonyl (C=O) groups is 3. The molecule has 3 aromatic carbocycles. The summed E-state index contributed by atoms with van der Waals surface area (Å²) in [4.78, 5) is 46.7. The Bertz CT molecular complexity index is 1760. The number of alkyl halides is 3. The third-order valence-electron chi connectivity index (χ3n) is 6.90. The van der Waals surface area contributed by atoms with Gasteiger partial charge in [0, 0.05) is 29.2 Å². The lowest BCUT2D eigenvalue weighted by molar-refractivity contribution is -0.138. The molecule has 1 fully saturated rings. The van der Waals surface area contributed by atoms with E-state index in [0.29, 0.717) is 27.2 Å². The van der Waals surface area contributed by atoms with Crippen LogP contribution in [0.25, 0.3) is 0 Å². The van der Waals surface area contributed by atoms with Crippen LogP contribution < -0.4 is 25.8 Å². The molecule has 0 aromatic heterocycles. The number of nitrogens with one attached hydrogen (secondary N) is 4. The lowest BCUT2D eigenvalue weighted by Gasteiger charge is -2.37. The molecule has 1 heterocycles. The second kappa shape index (κ2) is 14.5. The van der Waals surface area contributed by atoms with Crippen molar-refractivity contribution >= 4 is 40.9 Å². The van der Waals surface area contributed by atoms with E-state index in [1.54, 1.807) is 19.0 Å². The number of amidine groups is 1. The maximum Gasteiger partial charge on any atom is 0.416 e. The van der Waals surface area contributed by atoms with Crippen LogP contribution >= 0.6 is 0 Å². The highest BCUT2D eigenvalue weighted by molar-refractivity contribution is 6.38. The van der Waals surface area contributed by atoms with Gasteiger partial charge in [0.15, 0.2) is 11.6 Å². The normalized spacial score (nSPS) is 14.8. The van der Waals surface area contributed by atoms with Gasteiger partial charge in [0.25, 0.3) is 5.91 Å². The topological polar surface area (TPSA) is 139 Å². The van der Waals surface area contributed by atoms with Crippen LogP contribution in [0, 0.1) is 17.0 Å². The number of hydroxylamine groups is 1. The molecule has 3 aromatic rings. The summed E-state index contributed by atoms with van der Waals surface area (Å²) in [6, 6.07) is 9.76. The molecule has 1 saturated heterocycles. The summed E-state index contributed by atoms with van der Waals surface area (Å²) in [7, 11) is 5.65. The molecule has 0 radical (unpaired) electrons. The number of benzene rings is 3. The Morgan fingerprint density at radius 3 is 2.15 bits per heavy atom. The highest BCUT2D eigenvalue weighted by Gasteiger charge is 2.45. The molecule has 4 N–H and O–H groups in total. The van der Waals surface area contributed by atoms with Crippen LogP contribution in [-0.2, 0) is 22.4 Å². The summed E-state index contributed by atoms with van der Waals surface area (Å²) in [6.45, 7) is -1.22. The van der Waals surface area contributed by atoms with E-state index in [-0.39, 0.29) is 18.0 Å². The molecule has 0 atom stereocenters. The molecule has 5 amide bonds. The second-order valence-corrected chi connectivity index (χ2v) is 10.5. The molecule has 0 unspecified atom stereocenters. The first-order valence-corrected chi connectivity index (χ1v) is 13.9. The molecule has 12 nitrogen and oxygen atoms in total. The molecule has 0 aliphatic carbocycles. The zero-order valence-electron chi connectivity index (χ0n) is 26.0. The number of nitrogens with zero attached hydrogens (tertiary/aromatic N) is 3. The Labute approximate surface area is 271 Å². The fourth-order valence-electron chi connectivity index (χ4n) is 4.81. The van der Waals surface area contributed by atoms with Crippen LogP contribution in [0.3, 0.4) is 0 Å². The lowest BCUT2D eigenvalue weighted by Crippen LogP contribution is -2.57. The summed E-state index contributed by atoms with van der Waals surface area (Å²) in [5.41, 5.74) is -0.745. The van der Waals surface area contributed by atoms with E-state index in [4.69, 9.17) is 10.1 Å². The molecule has 254 valence electrons. The van der Waals surface area contributed by atoms with Gasteiger partial charge in [-0.2, -0.15) is 13.2 Å². The van der Waals surface area contributed by atoms with Crippen molar-refractivity contribution in [2.24, 2.45) is 0 Å². The van der Waals surface area contributed by atoms with E-state index in [9.17, 15) is 31.9 Å². The van der Waals surface area contributed by atoms with Gasteiger partial charge in [-0.3, -0.25) is 19.9 Å². The summed E-state index contributed by atoms with van der Waals surface area (Å²) >= 11 is 0. The highest BCUT2D eigenvalue weighted by Crippen LogP contribution is 2.37. The van der Waals surface area contributed by atoms with Crippen LogP contribution in [0.4, 0.5) is 48.6 Å². The predicted molar refractivity (Wildman–Crippen MR) is 165 cm³/mol. The summed E-state index contributed by atoms with van der Waals surface area (Å²) in [5, 5.41) is 14.4. The lowest BCUT2D eigenvalue weighted by atomic mass is 10.0. The van der Waals surface area contributed by atoms with Crippen molar-refractivity contribution in [2.75, 3.05) is 50.4 Å². The second-order valence-electron chi connectivity index (χ2n) is 10.5. The number of anilines is 3. The molecular formula is C31H30F5N7O5. The van der Waals surface area contributed by atoms with E-state index in [0.717, 1.165) is 25.3 Å². The molecule has 0 saturated carbocycles. The smallest absolute Gasteiger partial charge is 0.416 e. The minimum atomic E-state index is -5.03. The van der Waals surface area contributed by atoms with Crippen molar-refractivity contribution < 1.29 is 45.9 Å². The molecule has 0 bridgehead atoms. The predicted octanol–water partition coefficient (Wildman–Crippen LogP) is 5.55. The number of methoxy groups -OCH3 is 1. The Balaban J connectivity index is 1.88. The van der Waals surface area contributed by atoms with Crippen LogP contribution in [0.2, 0.25) is 0 Å². The maximum atomic E-state index is 15.6. The summed E-state index contributed by atoms with van der Waals surface area (Å²) < 4.78 is 77.3. The molecule has 1 aliphatic heterocycles. The first kappa shape index (κ1) is 35.3. The zero-order valence-corrected chi connectivity index (χ0v) is 26.0. The minimum absolute atomic E-state index is 0.0109.